The van der Waals surface area contributed by atoms with Crippen LogP contribution in [0.4, 0.5) is 0 Å². The van der Waals surface area contributed by atoms with E-state index in [0.717, 1.165) is 72.6 Å². The number of nitriles is 1. The molecule has 0 amide bonds. The first-order valence-corrected chi connectivity index (χ1v) is 13.4. The summed E-state index contributed by atoms with van der Waals surface area (Å²) in [6.45, 7) is 0. The maximum atomic E-state index is 9.55. The number of hydrogen-bond donors (Lipinski definition) is 0. The normalized spacial score (nSPS) is 13.7. The van der Waals surface area contributed by atoms with Gasteiger partial charge in [-0.15, -0.1) is 0 Å². The highest BCUT2D eigenvalue weighted by molar-refractivity contribution is 6.09. The molecule has 6 nitrogen and oxygen atoms in total. The Morgan fingerprint density at radius 2 is 1.41 bits per heavy atom. The first-order chi connectivity index (χ1) is 20.3. The number of benzene rings is 3. The molecule has 6 heteroatoms. The molecule has 0 unspecified atom stereocenters. The number of pyridine rings is 3. The van der Waals surface area contributed by atoms with E-state index in [9.17, 15) is 5.26 Å². The van der Waals surface area contributed by atoms with Crippen LogP contribution in [0.3, 0.4) is 0 Å². The highest BCUT2D eigenvalue weighted by atomic mass is 16.5. The van der Waals surface area contributed by atoms with E-state index in [-0.39, 0.29) is 0 Å². The molecule has 0 atom stereocenters. The molecule has 41 heavy (non-hydrogen) atoms. The highest BCUT2D eigenvalue weighted by Crippen LogP contribution is 2.61. The minimum atomic E-state index is -0.611. The molecular weight excluding hydrogens is 506 g/mol. The van der Waals surface area contributed by atoms with Crippen LogP contribution >= 0.6 is 0 Å². The molecule has 7 aromatic rings. The van der Waals surface area contributed by atoms with Gasteiger partial charge in [0.25, 0.3) is 0 Å². The van der Waals surface area contributed by atoms with E-state index < -0.39 is 5.41 Å². The number of nitrogens with zero attached hydrogens (tertiary/aromatic N) is 5. The second-order valence-corrected chi connectivity index (χ2v) is 10.4. The van der Waals surface area contributed by atoms with Crippen LogP contribution in [0.5, 0.6) is 11.5 Å². The number of hydrogen-bond acceptors (Lipinski definition) is 5. The van der Waals surface area contributed by atoms with E-state index in [2.05, 4.69) is 58.1 Å². The van der Waals surface area contributed by atoms with Crippen molar-refractivity contribution in [2.45, 2.75) is 5.41 Å². The quantitative estimate of drug-likeness (QED) is 0.225. The Bertz CT molecular complexity index is 2230. The molecule has 0 radical (unpaired) electrons. The number of ether oxygens (including phenoxy) is 1. The predicted molar refractivity (Wildman–Crippen MR) is 156 cm³/mol. The lowest BCUT2D eigenvalue weighted by Crippen LogP contribution is -2.32. The molecule has 1 aliphatic carbocycles. The first-order valence-electron chi connectivity index (χ1n) is 13.4. The zero-order chi connectivity index (χ0) is 27.1. The lowest BCUT2D eigenvalue weighted by Gasteiger charge is -2.39. The number of rotatable bonds is 1. The van der Waals surface area contributed by atoms with Crippen LogP contribution in [-0.4, -0.2) is 19.5 Å². The fourth-order valence-corrected chi connectivity index (χ4v) is 6.91. The summed E-state index contributed by atoms with van der Waals surface area (Å²) in [4.78, 5) is 14.0. The van der Waals surface area contributed by atoms with Crippen molar-refractivity contribution >= 4 is 21.8 Å². The molecule has 0 bridgehead atoms. The summed E-state index contributed by atoms with van der Waals surface area (Å²) >= 11 is 0. The van der Waals surface area contributed by atoms with Crippen LogP contribution < -0.4 is 4.74 Å². The largest absolute Gasteiger partial charge is 0.457 e. The van der Waals surface area contributed by atoms with Crippen LogP contribution in [0.1, 0.15) is 27.8 Å². The van der Waals surface area contributed by atoms with Gasteiger partial charge in [0.15, 0.2) is 0 Å². The van der Waals surface area contributed by atoms with Gasteiger partial charge in [-0.3, -0.25) is 15.0 Å². The van der Waals surface area contributed by atoms with Crippen LogP contribution in [0, 0.1) is 11.3 Å². The molecule has 1 aliphatic heterocycles. The van der Waals surface area contributed by atoms with Crippen LogP contribution in [0.25, 0.3) is 38.9 Å². The molecule has 190 valence electrons. The maximum Gasteiger partial charge on any atom is 0.134 e. The van der Waals surface area contributed by atoms with Crippen molar-refractivity contribution in [3.63, 3.8) is 0 Å². The fraction of sp³-hybridized carbons (Fsp3) is 0.0286. The standard InChI is InChI=1S/C35H19N5O/c36-19-21-9-12-29-24(17-21)23-13-16-37-20-30(23)40(29)22-10-11-26-32(18-22)41-31-8-2-1-5-25(31)35(26)27-6-3-14-38-33(27)34-28(35)7-4-15-39-34/h1-18,20H. The van der Waals surface area contributed by atoms with Crippen molar-refractivity contribution in [1.82, 2.24) is 19.5 Å². The molecular formula is C35H19N5O. The van der Waals surface area contributed by atoms with Gasteiger partial charge in [0, 0.05) is 52.2 Å². The summed E-state index contributed by atoms with van der Waals surface area (Å²) < 4.78 is 8.87. The van der Waals surface area contributed by atoms with Crippen molar-refractivity contribution in [2.24, 2.45) is 0 Å². The maximum absolute atomic E-state index is 9.55. The molecule has 2 aliphatic rings. The third-order valence-corrected chi connectivity index (χ3v) is 8.48. The monoisotopic (exact) mass is 525 g/mol. The van der Waals surface area contributed by atoms with Gasteiger partial charge in [0.2, 0.25) is 0 Å². The summed E-state index contributed by atoms with van der Waals surface area (Å²) in [5.74, 6) is 1.59. The lowest BCUT2D eigenvalue weighted by atomic mass is 9.66. The Morgan fingerprint density at radius 1 is 0.659 bits per heavy atom. The third-order valence-electron chi connectivity index (χ3n) is 8.48. The summed E-state index contributed by atoms with van der Waals surface area (Å²) in [5.41, 5.74) is 9.06. The molecule has 0 saturated heterocycles. The second kappa shape index (κ2) is 7.87. The van der Waals surface area contributed by atoms with Gasteiger partial charge in [-0.1, -0.05) is 36.4 Å². The number of para-hydroxylation sites is 1. The zero-order valence-electron chi connectivity index (χ0n) is 21.6. The minimum Gasteiger partial charge on any atom is -0.457 e. The Kier molecular flexibility index (Phi) is 4.24. The Balaban J connectivity index is 1.36. The SMILES string of the molecule is N#Cc1ccc2c(c1)c1ccncc1n2-c1ccc2c(c1)Oc1ccccc1C21c2cccnc2-c2ncccc21. The topological polar surface area (TPSA) is 76.6 Å². The van der Waals surface area contributed by atoms with Crippen LogP contribution in [0.15, 0.2) is 116 Å². The predicted octanol–water partition coefficient (Wildman–Crippen LogP) is 7.31. The summed E-state index contributed by atoms with van der Waals surface area (Å²) in [7, 11) is 0. The van der Waals surface area contributed by atoms with Gasteiger partial charge < -0.3 is 9.30 Å². The van der Waals surface area contributed by atoms with Gasteiger partial charge in [-0.05, 0) is 59.7 Å². The average molecular weight is 526 g/mol. The fourth-order valence-electron chi connectivity index (χ4n) is 6.91. The van der Waals surface area contributed by atoms with E-state index in [1.807, 2.05) is 67.1 Å². The molecule has 0 fully saturated rings. The van der Waals surface area contributed by atoms with Crippen molar-refractivity contribution in [3.05, 3.63) is 144 Å². The van der Waals surface area contributed by atoms with Gasteiger partial charge in [0.05, 0.1) is 45.7 Å². The summed E-state index contributed by atoms with van der Waals surface area (Å²) in [6, 6.07) is 33.1. The minimum absolute atomic E-state index is 0.611. The Hall–Kier alpha value is -5.80. The van der Waals surface area contributed by atoms with Gasteiger partial charge in [-0.25, -0.2) is 0 Å². The van der Waals surface area contributed by atoms with Crippen molar-refractivity contribution < 1.29 is 4.74 Å². The number of fused-ring (bicyclic) bond motifs is 12. The van der Waals surface area contributed by atoms with Crippen molar-refractivity contribution in [1.29, 1.82) is 5.26 Å². The van der Waals surface area contributed by atoms with Crippen LogP contribution in [-0.2, 0) is 5.41 Å². The molecule has 1 spiro atoms. The van der Waals surface area contributed by atoms with E-state index in [0.29, 0.717) is 5.56 Å². The summed E-state index contributed by atoms with van der Waals surface area (Å²) in [6.07, 6.45) is 7.33. The molecule has 5 heterocycles. The Labute approximate surface area is 234 Å². The second-order valence-electron chi connectivity index (χ2n) is 10.4. The van der Waals surface area contributed by atoms with Crippen LogP contribution in [0.2, 0.25) is 0 Å². The molecule has 0 saturated carbocycles. The average Bonchev–Trinajstić information content (AvgIpc) is 3.52. The highest BCUT2D eigenvalue weighted by Gasteiger charge is 2.52. The summed E-state index contributed by atoms with van der Waals surface area (Å²) in [5, 5.41) is 11.6. The molecule has 9 rings (SSSR count). The van der Waals surface area contributed by atoms with E-state index in [4.69, 9.17) is 14.7 Å². The lowest BCUT2D eigenvalue weighted by molar-refractivity contribution is 0.436. The van der Waals surface area contributed by atoms with Gasteiger partial charge >= 0.3 is 0 Å². The van der Waals surface area contributed by atoms with Gasteiger partial charge in [0.1, 0.15) is 11.5 Å². The molecule has 3 aromatic carbocycles. The zero-order valence-corrected chi connectivity index (χ0v) is 21.6. The third kappa shape index (κ3) is 2.72. The molecule has 4 aromatic heterocycles. The molecule has 0 N–H and O–H groups in total. The smallest absolute Gasteiger partial charge is 0.134 e. The first kappa shape index (κ1) is 22.1. The van der Waals surface area contributed by atoms with Crippen molar-refractivity contribution in [3.8, 4) is 34.6 Å². The Morgan fingerprint density at radius 3 is 2.22 bits per heavy atom. The van der Waals surface area contributed by atoms with Gasteiger partial charge in [-0.2, -0.15) is 5.26 Å². The van der Waals surface area contributed by atoms with E-state index >= 15 is 0 Å². The van der Waals surface area contributed by atoms with Crippen molar-refractivity contribution in [2.75, 3.05) is 0 Å². The number of aromatic nitrogens is 4. The van der Waals surface area contributed by atoms with E-state index in [1.54, 1.807) is 6.20 Å². The van der Waals surface area contributed by atoms with E-state index in [1.165, 1.54) is 0 Å².